The molecule has 6 heteroatoms. The first-order chi connectivity index (χ1) is 11.8. The standard InChI is InChI=1S/C18H18N4O2/c23-12-15-11-19-18-17(14-5-8-21(20-24)9-6-14)16-4-2-1-3-13(16)7-10-22(15)18/h1-4,11-12H,5-10H2. The number of aldehydes is 1. The Kier molecular flexibility index (Phi) is 3.72. The van der Waals surface area contributed by atoms with Gasteiger partial charge in [-0.15, -0.1) is 4.91 Å². The predicted octanol–water partition coefficient (Wildman–Crippen LogP) is 2.83. The smallest absolute Gasteiger partial charge is 0.168 e. The van der Waals surface area contributed by atoms with Crippen LogP contribution < -0.4 is 0 Å². The lowest BCUT2D eigenvalue weighted by atomic mass is 9.90. The first-order valence-corrected chi connectivity index (χ1v) is 8.21. The Morgan fingerprint density at radius 3 is 2.62 bits per heavy atom. The molecule has 2 aliphatic rings. The third-order valence-electron chi connectivity index (χ3n) is 4.93. The molecule has 2 aliphatic heterocycles. The van der Waals surface area contributed by atoms with Gasteiger partial charge in [-0.3, -0.25) is 9.80 Å². The summed E-state index contributed by atoms with van der Waals surface area (Å²) < 4.78 is 2.01. The van der Waals surface area contributed by atoms with E-state index in [2.05, 4.69) is 28.5 Å². The van der Waals surface area contributed by atoms with E-state index < -0.39 is 0 Å². The number of hydrogen-bond donors (Lipinski definition) is 0. The average molecular weight is 322 g/mol. The van der Waals surface area contributed by atoms with Gasteiger partial charge in [-0.25, -0.2) is 4.98 Å². The highest BCUT2D eigenvalue weighted by Crippen LogP contribution is 2.36. The minimum absolute atomic E-state index is 0.614. The van der Waals surface area contributed by atoms with Crippen LogP contribution in [-0.4, -0.2) is 33.9 Å². The van der Waals surface area contributed by atoms with Gasteiger partial charge in [0, 0.05) is 25.2 Å². The summed E-state index contributed by atoms with van der Waals surface area (Å²) in [5, 5.41) is 4.61. The van der Waals surface area contributed by atoms with E-state index >= 15 is 0 Å². The van der Waals surface area contributed by atoms with Crippen LogP contribution in [0.25, 0.3) is 5.57 Å². The summed E-state index contributed by atoms with van der Waals surface area (Å²) in [6.45, 7) is 2.01. The molecule has 1 aromatic heterocycles. The summed E-state index contributed by atoms with van der Waals surface area (Å²) in [4.78, 5) is 26.7. The number of benzene rings is 1. The van der Waals surface area contributed by atoms with E-state index in [0.29, 0.717) is 18.8 Å². The van der Waals surface area contributed by atoms with E-state index in [1.54, 1.807) is 11.2 Å². The van der Waals surface area contributed by atoms with Gasteiger partial charge < -0.3 is 4.57 Å². The number of rotatable bonds is 2. The van der Waals surface area contributed by atoms with E-state index in [9.17, 15) is 9.70 Å². The fourth-order valence-corrected chi connectivity index (χ4v) is 3.70. The molecule has 4 rings (SSSR count). The second kappa shape index (κ2) is 6.03. The number of piperidine rings is 1. The highest BCUT2D eigenvalue weighted by Gasteiger charge is 2.26. The maximum absolute atomic E-state index is 11.4. The molecule has 0 amide bonds. The van der Waals surface area contributed by atoms with Gasteiger partial charge in [-0.1, -0.05) is 29.8 Å². The molecule has 1 saturated heterocycles. The summed E-state index contributed by atoms with van der Waals surface area (Å²) in [5.74, 6) is 0.865. The van der Waals surface area contributed by atoms with Gasteiger partial charge in [0.05, 0.1) is 11.5 Å². The van der Waals surface area contributed by atoms with E-state index in [1.165, 1.54) is 16.7 Å². The third kappa shape index (κ3) is 2.35. The lowest BCUT2D eigenvalue weighted by molar-refractivity contribution is 0.111. The SMILES string of the molecule is O=Cc1cnc2n1CCc1ccccc1C2=C1CCN(N=O)CC1. The van der Waals surface area contributed by atoms with Crippen molar-refractivity contribution in [1.82, 2.24) is 14.6 Å². The fraction of sp³-hybridized carbons (Fsp3) is 0.333. The number of imidazole rings is 1. The predicted molar refractivity (Wildman–Crippen MR) is 90.4 cm³/mol. The molecular formula is C18H18N4O2. The van der Waals surface area contributed by atoms with Crippen LogP contribution in [0, 0.1) is 4.91 Å². The lowest BCUT2D eigenvalue weighted by Gasteiger charge is -2.25. The maximum atomic E-state index is 11.4. The number of carbonyl (C=O) groups excluding carboxylic acids is 1. The van der Waals surface area contributed by atoms with Gasteiger partial charge >= 0.3 is 0 Å². The Balaban J connectivity index is 1.90. The molecule has 0 spiro atoms. The van der Waals surface area contributed by atoms with Gasteiger partial charge in [0.25, 0.3) is 0 Å². The van der Waals surface area contributed by atoms with Crippen LogP contribution in [0.2, 0.25) is 0 Å². The van der Waals surface area contributed by atoms with Crippen LogP contribution in [0.4, 0.5) is 0 Å². The average Bonchev–Trinajstić information content (AvgIpc) is 2.96. The van der Waals surface area contributed by atoms with E-state index in [0.717, 1.165) is 43.5 Å². The van der Waals surface area contributed by atoms with Gasteiger partial charge in [-0.05, 0) is 30.4 Å². The summed E-state index contributed by atoms with van der Waals surface area (Å²) in [7, 11) is 0. The van der Waals surface area contributed by atoms with Crippen LogP contribution in [-0.2, 0) is 13.0 Å². The second-order valence-corrected chi connectivity index (χ2v) is 6.20. The quantitative estimate of drug-likeness (QED) is 0.630. The Labute approximate surface area is 139 Å². The molecule has 2 aromatic rings. The van der Waals surface area contributed by atoms with Gasteiger partial charge in [0.2, 0.25) is 0 Å². The van der Waals surface area contributed by atoms with E-state index in [1.807, 2.05) is 10.6 Å². The number of aromatic nitrogens is 2. The van der Waals surface area contributed by atoms with Gasteiger partial charge in [0.15, 0.2) is 6.29 Å². The number of nitroso groups, excluding NO2 is 1. The number of aryl methyl sites for hydroxylation is 1. The maximum Gasteiger partial charge on any atom is 0.168 e. The monoisotopic (exact) mass is 322 g/mol. The molecule has 0 radical (unpaired) electrons. The van der Waals surface area contributed by atoms with Crippen LogP contribution >= 0.6 is 0 Å². The van der Waals surface area contributed by atoms with Crippen molar-refractivity contribution in [1.29, 1.82) is 0 Å². The number of fused-ring (bicyclic) bond motifs is 2. The largest absolute Gasteiger partial charge is 0.321 e. The number of carbonyl (C=O) groups is 1. The molecule has 122 valence electrons. The van der Waals surface area contributed by atoms with Crippen LogP contribution in [0.1, 0.15) is 40.3 Å². The summed E-state index contributed by atoms with van der Waals surface area (Å²) in [5.41, 5.74) is 5.50. The third-order valence-corrected chi connectivity index (χ3v) is 4.93. The Morgan fingerprint density at radius 2 is 1.88 bits per heavy atom. The highest BCUT2D eigenvalue weighted by molar-refractivity contribution is 5.83. The Bertz CT molecular complexity index is 827. The van der Waals surface area contributed by atoms with Gasteiger partial charge in [0.1, 0.15) is 11.5 Å². The molecule has 0 N–H and O–H groups in total. The molecule has 1 aromatic carbocycles. The van der Waals surface area contributed by atoms with Crippen LogP contribution in [0.5, 0.6) is 0 Å². The van der Waals surface area contributed by atoms with Crippen molar-refractivity contribution in [2.75, 3.05) is 13.1 Å². The summed E-state index contributed by atoms with van der Waals surface area (Å²) in [6, 6.07) is 8.37. The Hall–Kier alpha value is -2.76. The van der Waals surface area contributed by atoms with E-state index in [4.69, 9.17) is 0 Å². The van der Waals surface area contributed by atoms with Crippen molar-refractivity contribution in [2.45, 2.75) is 25.8 Å². The zero-order chi connectivity index (χ0) is 16.5. The van der Waals surface area contributed by atoms with Crippen LogP contribution in [0.15, 0.2) is 41.3 Å². The number of hydrogen-bond acceptors (Lipinski definition) is 4. The topological polar surface area (TPSA) is 67.6 Å². The molecular weight excluding hydrogens is 304 g/mol. The second-order valence-electron chi connectivity index (χ2n) is 6.20. The molecule has 0 saturated carbocycles. The minimum atomic E-state index is 0.614. The molecule has 3 heterocycles. The van der Waals surface area contributed by atoms with E-state index in [-0.39, 0.29) is 0 Å². The van der Waals surface area contributed by atoms with Crippen LogP contribution in [0.3, 0.4) is 0 Å². The molecule has 0 aliphatic carbocycles. The van der Waals surface area contributed by atoms with Gasteiger partial charge in [-0.2, -0.15) is 0 Å². The van der Waals surface area contributed by atoms with Crippen molar-refractivity contribution in [2.24, 2.45) is 5.29 Å². The molecule has 0 bridgehead atoms. The van der Waals surface area contributed by atoms with Crippen molar-refractivity contribution < 1.29 is 4.79 Å². The first-order valence-electron chi connectivity index (χ1n) is 8.21. The minimum Gasteiger partial charge on any atom is -0.321 e. The van der Waals surface area contributed by atoms with Crippen molar-refractivity contribution in [3.63, 3.8) is 0 Å². The summed E-state index contributed by atoms with van der Waals surface area (Å²) in [6.07, 6.45) is 4.98. The molecule has 0 unspecified atom stereocenters. The highest BCUT2D eigenvalue weighted by atomic mass is 16.3. The molecule has 24 heavy (non-hydrogen) atoms. The number of nitrogens with zero attached hydrogens (tertiary/aromatic N) is 4. The zero-order valence-corrected chi connectivity index (χ0v) is 13.3. The van der Waals surface area contributed by atoms with Crippen molar-refractivity contribution in [3.8, 4) is 0 Å². The van der Waals surface area contributed by atoms with Crippen molar-refractivity contribution >= 4 is 11.9 Å². The lowest BCUT2D eigenvalue weighted by Crippen LogP contribution is -2.26. The zero-order valence-electron chi connectivity index (χ0n) is 13.3. The fourth-order valence-electron chi connectivity index (χ4n) is 3.70. The molecule has 0 atom stereocenters. The first kappa shape index (κ1) is 14.8. The summed E-state index contributed by atoms with van der Waals surface area (Å²) >= 11 is 0. The molecule has 6 nitrogen and oxygen atoms in total. The molecule has 1 fully saturated rings. The normalized spacial score (nSPS) is 17.1. The van der Waals surface area contributed by atoms with Crippen molar-refractivity contribution in [3.05, 3.63) is 63.6 Å². The Morgan fingerprint density at radius 1 is 1.08 bits per heavy atom.